The molecule has 2 heterocycles. The number of imidazole rings is 1. The predicted molar refractivity (Wildman–Crippen MR) is 183 cm³/mol. The van der Waals surface area contributed by atoms with Crippen LogP contribution in [0.4, 0.5) is 5.69 Å². The summed E-state index contributed by atoms with van der Waals surface area (Å²) < 4.78 is 4.93. The molecular weight excluding hydrogens is 582 g/mol. The Hall–Kier alpha value is -4.06. The van der Waals surface area contributed by atoms with Crippen LogP contribution in [0.1, 0.15) is 62.9 Å². The Bertz CT molecular complexity index is 1680. The van der Waals surface area contributed by atoms with Crippen LogP contribution in [0, 0.1) is 0 Å². The van der Waals surface area contributed by atoms with Crippen molar-refractivity contribution >= 4 is 22.8 Å². The monoisotopic (exact) mass is 631 g/mol. The van der Waals surface area contributed by atoms with E-state index >= 15 is 0 Å². The van der Waals surface area contributed by atoms with E-state index in [0.29, 0.717) is 81.8 Å². The second kappa shape index (κ2) is 17.6. The topological polar surface area (TPSA) is 140 Å². The molecule has 0 radical (unpaired) electrons. The van der Waals surface area contributed by atoms with Gasteiger partial charge in [-0.3, -0.25) is 23.6 Å². The van der Waals surface area contributed by atoms with Crippen molar-refractivity contribution in [3.05, 3.63) is 92.4 Å². The fourth-order valence-corrected chi connectivity index (χ4v) is 5.80. The van der Waals surface area contributed by atoms with E-state index in [1.165, 1.54) is 4.57 Å². The highest BCUT2D eigenvalue weighted by atomic mass is 16.3. The third-order valence-corrected chi connectivity index (χ3v) is 8.29. The zero-order chi connectivity index (χ0) is 32.9. The van der Waals surface area contributed by atoms with Crippen LogP contribution in [0.15, 0.2) is 64.2 Å². The van der Waals surface area contributed by atoms with Crippen LogP contribution < -0.4 is 22.3 Å². The minimum atomic E-state index is -0.368. The van der Waals surface area contributed by atoms with Crippen LogP contribution in [-0.2, 0) is 37.3 Å². The van der Waals surface area contributed by atoms with Gasteiger partial charge >= 0.3 is 5.69 Å². The number of aliphatic hydroxyl groups is 1. The quantitative estimate of drug-likeness (QED) is 0.135. The Kier molecular flexibility index (Phi) is 13.3. The molecule has 0 aliphatic carbocycles. The van der Waals surface area contributed by atoms with Crippen molar-refractivity contribution < 1.29 is 9.90 Å². The number of benzene rings is 2. The van der Waals surface area contributed by atoms with E-state index in [0.717, 1.165) is 42.8 Å². The standard InChI is InChI=1S/C35H49N7O4/c1-3-19-42-34(45)32-33(38-30(26-27-12-7-5-8-13-27)40(32)22-21-39(4-2)23-24-43)41(35(42)46)20-17-28-14-11-15-29(25-28)37-31(44)16-9-6-10-18-36/h5,7-8,11-15,25,43H,3-4,6,9-10,16-24,26,36H2,1-2H3,(H,37,44). The van der Waals surface area contributed by atoms with E-state index in [4.69, 9.17) is 10.7 Å². The van der Waals surface area contributed by atoms with Crippen LogP contribution in [-0.4, -0.2) is 67.4 Å². The zero-order valence-electron chi connectivity index (χ0n) is 27.3. The molecule has 2 aromatic heterocycles. The number of aliphatic hydroxyl groups excluding tert-OH is 1. The lowest BCUT2D eigenvalue weighted by Gasteiger charge is -2.20. The lowest BCUT2D eigenvalue weighted by atomic mass is 10.1. The molecule has 4 rings (SSSR count). The second-order valence-electron chi connectivity index (χ2n) is 11.7. The van der Waals surface area contributed by atoms with Crippen molar-refractivity contribution in [2.45, 2.75) is 78.4 Å². The number of aromatic nitrogens is 4. The van der Waals surface area contributed by atoms with E-state index in [2.05, 4.69) is 10.2 Å². The number of nitrogens with zero attached hydrogens (tertiary/aromatic N) is 5. The summed E-state index contributed by atoms with van der Waals surface area (Å²) in [5, 5.41) is 12.5. The molecule has 1 amide bonds. The van der Waals surface area contributed by atoms with Crippen LogP contribution in [0.25, 0.3) is 11.2 Å². The molecule has 2 aromatic carbocycles. The number of amides is 1. The summed E-state index contributed by atoms with van der Waals surface area (Å²) >= 11 is 0. The first-order valence-corrected chi connectivity index (χ1v) is 16.6. The van der Waals surface area contributed by atoms with Gasteiger partial charge in [0.25, 0.3) is 5.56 Å². The molecule has 46 heavy (non-hydrogen) atoms. The van der Waals surface area contributed by atoms with Crippen molar-refractivity contribution in [2.24, 2.45) is 5.73 Å². The highest BCUT2D eigenvalue weighted by Crippen LogP contribution is 2.18. The number of aryl methyl sites for hydroxylation is 2. The van der Waals surface area contributed by atoms with Gasteiger partial charge in [-0.25, -0.2) is 9.78 Å². The number of likely N-dealkylation sites (N-methyl/N-ethyl adjacent to an activating group) is 1. The van der Waals surface area contributed by atoms with Gasteiger partial charge in [0, 0.05) is 51.3 Å². The van der Waals surface area contributed by atoms with Gasteiger partial charge in [-0.15, -0.1) is 0 Å². The smallest absolute Gasteiger partial charge is 0.332 e. The summed E-state index contributed by atoms with van der Waals surface area (Å²) in [5.41, 5.74) is 8.40. The van der Waals surface area contributed by atoms with Crippen molar-refractivity contribution in [3.63, 3.8) is 0 Å². The normalized spacial score (nSPS) is 11.5. The Morgan fingerprint density at radius 1 is 0.913 bits per heavy atom. The molecule has 11 nitrogen and oxygen atoms in total. The summed E-state index contributed by atoms with van der Waals surface area (Å²) in [5.74, 6) is 0.688. The molecular formula is C35H49N7O4. The molecule has 0 atom stereocenters. The van der Waals surface area contributed by atoms with Crippen molar-refractivity contribution in [2.75, 3.05) is 38.1 Å². The number of carbonyl (C=O) groups excluding carboxylic acids is 1. The van der Waals surface area contributed by atoms with E-state index in [1.54, 1.807) is 4.57 Å². The molecule has 0 spiro atoms. The average molecular weight is 632 g/mol. The molecule has 0 aliphatic rings. The number of nitrogens with one attached hydrogen (secondary N) is 1. The van der Waals surface area contributed by atoms with Crippen LogP contribution in [0.5, 0.6) is 0 Å². The Labute approximate surface area is 270 Å². The molecule has 0 aliphatic heterocycles. The number of fused-ring (bicyclic) bond motifs is 1. The lowest BCUT2D eigenvalue weighted by molar-refractivity contribution is -0.116. The van der Waals surface area contributed by atoms with Gasteiger partial charge in [-0.2, -0.15) is 0 Å². The first-order valence-electron chi connectivity index (χ1n) is 16.6. The molecule has 4 N–H and O–H groups in total. The maximum absolute atomic E-state index is 13.9. The van der Waals surface area contributed by atoms with Crippen LogP contribution >= 0.6 is 0 Å². The molecule has 11 heteroatoms. The third-order valence-electron chi connectivity index (χ3n) is 8.29. The Morgan fingerprint density at radius 3 is 2.41 bits per heavy atom. The van der Waals surface area contributed by atoms with Gasteiger partial charge in [0.05, 0.1) is 6.61 Å². The first kappa shape index (κ1) is 34.8. The summed E-state index contributed by atoms with van der Waals surface area (Å²) in [7, 11) is 0. The largest absolute Gasteiger partial charge is 0.395 e. The van der Waals surface area contributed by atoms with Gasteiger partial charge in [0.1, 0.15) is 5.82 Å². The molecule has 0 bridgehead atoms. The summed E-state index contributed by atoms with van der Waals surface area (Å²) in [6.07, 6.45) is 4.74. The Morgan fingerprint density at radius 2 is 1.70 bits per heavy atom. The molecule has 4 aromatic rings. The van der Waals surface area contributed by atoms with E-state index < -0.39 is 0 Å². The SMILES string of the molecule is CCCn1c(=O)c2c(nc(Cc3ccccc3)n2CCN(CC)CCO)n(CCc2cccc(NC(=O)CCCCCN)c2)c1=O. The summed E-state index contributed by atoms with van der Waals surface area (Å²) in [4.78, 5) is 47.3. The minimum absolute atomic E-state index is 0.0316. The zero-order valence-corrected chi connectivity index (χ0v) is 27.3. The number of nitrogens with two attached hydrogens (primary N) is 1. The third kappa shape index (κ3) is 9.02. The average Bonchev–Trinajstić information content (AvgIpc) is 3.41. The summed E-state index contributed by atoms with van der Waals surface area (Å²) in [6, 6.07) is 17.6. The van der Waals surface area contributed by atoms with Crippen molar-refractivity contribution in [1.29, 1.82) is 0 Å². The number of hydrogen-bond donors (Lipinski definition) is 3. The van der Waals surface area contributed by atoms with Crippen LogP contribution in [0.3, 0.4) is 0 Å². The predicted octanol–water partition coefficient (Wildman–Crippen LogP) is 3.38. The van der Waals surface area contributed by atoms with E-state index in [-0.39, 0.29) is 23.8 Å². The number of hydrogen-bond acceptors (Lipinski definition) is 7. The molecule has 0 fully saturated rings. The van der Waals surface area contributed by atoms with Crippen LogP contribution in [0.2, 0.25) is 0 Å². The van der Waals surface area contributed by atoms with E-state index in [1.807, 2.05) is 73.0 Å². The fourth-order valence-electron chi connectivity index (χ4n) is 5.80. The number of unbranched alkanes of at least 4 members (excludes halogenated alkanes) is 2. The lowest BCUT2D eigenvalue weighted by Crippen LogP contribution is -2.41. The maximum Gasteiger partial charge on any atom is 0.332 e. The van der Waals surface area contributed by atoms with Gasteiger partial charge in [0.2, 0.25) is 5.91 Å². The van der Waals surface area contributed by atoms with Gasteiger partial charge in [0.15, 0.2) is 11.2 Å². The first-order chi connectivity index (χ1) is 22.4. The molecule has 0 unspecified atom stereocenters. The maximum atomic E-state index is 13.9. The van der Waals surface area contributed by atoms with Crippen molar-refractivity contribution in [3.8, 4) is 0 Å². The second-order valence-corrected chi connectivity index (χ2v) is 11.7. The fraction of sp³-hybridized carbons (Fsp3) is 0.486. The van der Waals surface area contributed by atoms with E-state index in [9.17, 15) is 19.5 Å². The molecule has 0 saturated heterocycles. The Balaban J connectivity index is 1.69. The van der Waals surface area contributed by atoms with Gasteiger partial charge in [-0.1, -0.05) is 62.7 Å². The highest BCUT2D eigenvalue weighted by molar-refractivity contribution is 5.90. The molecule has 0 saturated carbocycles. The summed E-state index contributed by atoms with van der Waals surface area (Å²) in [6.45, 7) is 7.74. The molecule has 248 valence electrons. The number of anilines is 1. The minimum Gasteiger partial charge on any atom is -0.395 e. The van der Waals surface area contributed by atoms with Crippen molar-refractivity contribution in [1.82, 2.24) is 23.6 Å². The number of carbonyl (C=O) groups is 1. The number of rotatable bonds is 19. The van der Waals surface area contributed by atoms with Gasteiger partial charge < -0.3 is 20.7 Å². The highest BCUT2D eigenvalue weighted by Gasteiger charge is 2.22. The van der Waals surface area contributed by atoms with Gasteiger partial charge in [-0.05, 0) is 62.0 Å².